The second-order valence-electron chi connectivity index (χ2n) is 3.93. The molecule has 1 aromatic heterocycles. The van der Waals surface area contributed by atoms with Crippen molar-refractivity contribution >= 4 is 17.3 Å². The predicted octanol–water partition coefficient (Wildman–Crippen LogP) is 2.22. The van der Waals surface area contributed by atoms with E-state index in [0.717, 1.165) is 12.1 Å². The molecule has 2 rings (SSSR count). The zero-order valence-electron chi connectivity index (χ0n) is 10.1. The maximum absolute atomic E-state index is 13.8. The molecule has 0 spiro atoms. The second kappa shape index (κ2) is 5.01. The van der Waals surface area contributed by atoms with Crippen molar-refractivity contribution in [2.24, 2.45) is 0 Å². The number of carbonyl (C=O) groups is 1. The molecule has 0 saturated carbocycles. The molecule has 1 amide bonds. The Labute approximate surface area is 108 Å². The van der Waals surface area contributed by atoms with Crippen molar-refractivity contribution in [1.82, 2.24) is 4.98 Å². The summed E-state index contributed by atoms with van der Waals surface area (Å²) in [5.74, 6) is -2.39. The number of nitrogens with zero attached hydrogens (tertiary/aromatic N) is 2. The molecule has 0 atom stereocenters. The lowest BCUT2D eigenvalue weighted by atomic mass is 10.1. The number of aromatic nitrogens is 1. The molecule has 2 N–H and O–H groups in total. The summed E-state index contributed by atoms with van der Waals surface area (Å²) >= 11 is 0. The molecular formula is C13H11F2N3O. The first kappa shape index (κ1) is 12.9. The van der Waals surface area contributed by atoms with Crippen LogP contribution in [0, 0.1) is 11.6 Å². The maximum Gasteiger partial charge on any atom is 0.261 e. The molecule has 1 aromatic carbocycles. The topological polar surface area (TPSA) is 59.2 Å². The fraction of sp³-hybridized carbons (Fsp3) is 0.0769. The summed E-state index contributed by atoms with van der Waals surface area (Å²) in [6.07, 6.45) is 2.99. The summed E-state index contributed by atoms with van der Waals surface area (Å²) in [5, 5.41) is 0. The minimum Gasteiger partial charge on any atom is -0.396 e. The van der Waals surface area contributed by atoms with Crippen LogP contribution in [0.5, 0.6) is 0 Å². The molecule has 0 aliphatic heterocycles. The number of amides is 1. The summed E-state index contributed by atoms with van der Waals surface area (Å²) < 4.78 is 27.0. The number of anilines is 2. The van der Waals surface area contributed by atoms with Gasteiger partial charge in [-0.2, -0.15) is 0 Å². The van der Waals surface area contributed by atoms with Gasteiger partial charge < -0.3 is 10.6 Å². The Morgan fingerprint density at radius 1 is 1.37 bits per heavy atom. The van der Waals surface area contributed by atoms with Crippen molar-refractivity contribution in [3.05, 3.63) is 53.9 Å². The highest BCUT2D eigenvalue weighted by atomic mass is 19.1. The average Bonchev–Trinajstić information content (AvgIpc) is 2.42. The van der Waals surface area contributed by atoms with Gasteiger partial charge in [-0.1, -0.05) is 0 Å². The molecule has 0 aliphatic rings. The van der Waals surface area contributed by atoms with Crippen molar-refractivity contribution in [3.63, 3.8) is 0 Å². The van der Waals surface area contributed by atoms with E-state index in [0.29, 0.717) is 5.69 Å². The monoisotopic (exact) mass is 263 g/mol. The smallest absolute Gasteiger partial charge is 0.261 e. The van der Waals surface area contributed by atoms with Crippen molar-refractivity contribution < 1.29 is 13.6 Å². The Morgan fingerprint density at radius 3 is 2.74 bits per heavy atom. The van der Waals surface area contributed by atoms with Gasteiger partial charge in [0.2, 0.25) is 0 Å². The van der Waals surface area contributed by atoms with Crippen LogP contribution in [-0.4, -0.2) is 17.9 Å². The first-order valence-electron chi connectivity index (χ1n) is 5.43. The lowest BCUT2D eigenvalue weighted by molar-refractivity contribution is 0.0988. The lowest BCUT2D eigenvalue weighted by Gasteiger charge is -2.17. The van der Waals surface area contributed by atoms with Gasteiger partial charge in [0.15, 0.2) is 5.82 Å². The molecule has 6 heteroatoms. The molecule has 0 radical (unpaired) electrons. The third-order valence-corrected chi connectivity index (χ3v) is 2.63. The predicted molar refractivity (Wildman–Crippen MR) is 67.7 cm³/mol. The van der Waals surface area contributed by atoms with E-state index in [1.54, 1.807) is 18.3 Å². The van der Waals surface area contributed by atoms with E-state index in [1.165, 1.54) is 18.1 Å². The zero-order chi connectivity index (χ0) is 14.0. The minimum atomic E-state index is -0.929. The van der Waals surface area contributed by atoms with Crippen LogP contribution in [-0.2, 0) is 0 Å². The standard InChI is InChI=1S/C13H11F2N3O/c1-18(9-3-2-4-17-7-9)13(19)10-5-8(14)6-11(16)12(10)15/h2-7H,16H2,1H3. The molecule has 1 heterocycles. The molecule has 0 aliphatic carbocycles. The number of hydrogen-bond donors (Lipinski definition) is 1. The summed E-state index contributed by atoms with van der Waals surface area (Å²) in [7, 11) is 1.44. The fourth-order valence-electron chi connectivity index (χ4n) is 1.62. The van der Waals surface area contributed by atoms with E-state index in [9.17, 15) is 13.6 Å². The van der Waals surface area contributed by atoms with Gasteiger partial charge in [-0.05, 0) is 24.3 Å². The van der Waals surface area contributed by atoms with Gasteiger partial charge in [0.1, 0.15) is 5.82 Å². The SMILES string of the molecule is CN(C(=O)c1cc(F)cc(N)c1F)c1cccnc1. The Kier molecular flexibility index (Phi) is 3.41. The Bertz CT molecular complexity index is 617. The van der Waals surface area contributed by atoms with E-state index in [4.69, 9.17) is 5.73 Å². The van der Waals surface area contributed by atoms with Crippen molar-refractivity contribution in [2.75, 3.05) is 17.7 Å². The molecule has 19 heavy (non-hydrogen) atoms. The van der Waals surface area contributed by atoms with Crippen LogP contribution < -0.4 is 10.6 Å². The van der Waals surface area contributed by atoms with Crippen LogP contribution in [0.1, 0.15) is 10.4 Å². The molecule has 98 valence electrons. The molecule has 0 unspecified atom stereocenters. The molecule has 0 bridgehead atoms. The van der Waals surface area contributed by atoms with Crippen molar-refractivity contribution in [2.45, 2.75) is 0 Å². The number of rotatable bonds is 2. The number of nitrogen functional groups attached to an aromatic ring is 1. The lowest BCUT2D eigenvalue weighted by Crippen LogP contribution is -2.27. The van der Waals surface area contributed by atoms with Gasteiger partial charge >= 0.3 is 0 Å². The van der Waals surface area contributed by atoms with Crippen molar-refractivity contribution in [3.8, 4) is 0 Å². The number of pyridine rings is 1. The van der Waals surface area contributed by atoms with Crippen LogP contribution in [0.3, 0.4) is 0 Å². The van der Waals surface area contributed by atoms with Gasteiger partial charge in [-0.15, -0.1) is 0 Å². The average molecular weight is 263 g/mol. The van der Waals surface area contributed by atoms with Gasteiger partial charge in [0.25, 0.3) is 5.91 Å². The van der Waals surface area contributed by atoms with Gasteiger partial charge in [-0.25, -0.2) is 8.78 Å². The number of halogens is 2. The second-order valence-corrected chi connectivity index (χ2v) is 3.93. The molecule has 0 saturated heterocycles. The van der Waals surface area contributed by atoms with Crippen LogP contribution in [0.4, 0.5) is 20.2 Å². The normalized spacial score (nSPS) is 10.3. The number of hydrogen-bond acceptors (Lipinski definition) is 3. The minimum absolute atomic E-state index is 0.400. The molecule has 0 fully saturated rings. The third kappa shape index (κ3) is 2.52. The Balaban J connectivity index is 2.40. The van der Waals surface area contributed by atoms with Crippen LogP contribution in [0.2, 0.25) is 0 Å². The quantitative estimate of drug-likeness (QED) is 0.845. The highest BCUT2D eigenvalue weighted by Gasteiger charge is 2.20. The number of benzene rings is 1. The molecule has 4 nitrogen and oxygen atoms in total. The highest BCUT2D eigenvalue weighted by molar-refractivity contribution is 6.06. The van der Waals surface area contributed by atoms with Crippen molar-refractivity contribution in [1.29, 1.82) is 0 Å². The fourth-order valence-corrected chi connectivity index (χ4v) is 1.62. The van der Waals surface area contributed by atoms with Crippen LogP contribution in [0.15, 0.2) is 36.7 Å². The summed E-state index contributed by atoms with van der Waals surface area (Å²) in [6, 6.07) is 4.91. The van der Waals surface area contributed by atoms with E-state index in [2.05, 4.69) is 4.98 Å². The maximum atomic E-state index is 13.8. The molecular weight excluding hydrogens is 252 g/mol. The first-order chi connectivity index (χ1) is 9.00. The summed E-state index contributed by atoms with van der Waals surface area (Å²) in [6.45, 7) is 0. The van der Waals surface area contributed by atoms with Gasteiger partial charge in [-0.3, -0.25) is 9.78 Å². The first-order valence-corrected chi connectivity index (χ1v) is 5.43. The highest BCUT2D eigenvalue weighted by Crippen LogP contribution is 2.21. The summed E-state index contributed by atoms with van der Waals surface area (Å²) in [4.78, 5) is 17.1. The number of nitrogens with two attached hydrogens (primary N) is 1. The Morgan fingerprint density at radius 2 is 2.11 bits per heavy atom. The third-order valence-electron chi connectivity index (χ3n) is 2.63. The Hall–Kier alpha value is -2.50. The number of carbonyl (C=O) groups excluding carboxylic acids is 1. The van der Waals surface area contributed by atoms with Crippen LogP contribution >= 0.6 is 0 Å². The van der Waals surface area contributed by atoms with E-state index in [-0.39, 0.29) is 0 Å². The molecule has 2 aromatic rings. The van der Waals surface area contributed by atoms with E-state index >= 15 is 0 Å². The van der Waals surface area contributed by atoms with E-state index in [1.807, 2.05) is 0 Å². The van der Waals surface area contributed by atoms with Gasteiger partial charge in [0.05, 0.1) is 23.1 Å². The van der Waals surface area contributed by atoms with E-state index < -0.39 is 28.8 Å². The summed E-state index contributed by atoms with van der Waals surface area (Å²) in [5.41, 5.74) is 4.95. The zero-order valence-corrected chi connectivity index (χ0v) is 10.1. The van der Waals surface area contributed by atoms with Gasteiger partial charge in [0, 0.05) is 13.2 Å². The van der Waals surface area contributed by atoms with Crippen LogP contribution in [0.25, 0.3) is 0 Å². The largest absolute Gasteiger partial charge is 0.396 e.